The summed E-state index contributed by atoms with van der Waals surface area (Å²) in [6, 6.07) is 19.7. The van der Waals surface area contributed by atoms with Gasteiger partial charge >= 0.3 is 0 Å². The van der Waals surface area contributed by atoms with Gasteiger partial charge in [0.2, 0.25) is 0 Å². The minimum Gasteiger partial charge on any atom is -0.302 e. The molecule has 5 rings (SSSR count). The maximum Gasteiger partial charge on any atom is 0.178 e. The average Bonchev–Trinajstić information content (AvgIpc) is 3.29. The number of hydrogen-bond donors (Lipinski definition) is 0. The molecule has 2 heterocycles. The normalized spacial score (nSPS) is 20.2. The average molecular weight is 583 g/mol. The van der Waals surface area contributed by atoms with Crippen molar-refractivity contribution in [2.75, 3.05) is 9.80 Å². The van der Waals surface area contributed by atoms with Crippen molar-refractivity contribution >= 4 is 23.0 Å². The fourth-order valence-electron chi connectivity index (χ4n) is 7.96. The van der Waals surface area contributed by atoms with Crippen LogP contribution < -0.4 is 9.80 Å². The Morgan fingerprint density at radius 1 is 0.860 bits per heavy atom. The monoisotopic (exact) mass is 582 g/mol. The molecular formula is C39H58N4. The maximum absolute atomic E-state index is 5.57. The molecule has 1 fully saturated rings. The fraction of sp³-hybridized carbons (Fsp3) is 0.538. The largest absolute Gasteiger partial charge is 0.302 e. The second-order valence-electron chi connectivity index (χ2n) is 13.6. The van der Waals surface area contributed by atoms with Crippen LogP contribution in [0.4, 0.5) is 23.0 Å². The van der Waals surface area contributed by atoms with Gasteiger partial charge in [-0.05, 0) is 72.6 Å². The fourth-order valence-corrected chi connectivity index (χ4v) is 7.96. The Balaban J connectivity index is 0.00000121. The molecule has 4 heteroatoms. The van der Waals surface area contributed by atoms with Crippen LogP contribution in [-0.2, 0) is 5.41 Å². The second kappa shape index (κ2) is 14.1. The molecule has 0 spiro atoms. The van der Waals surface area contributed by atoms with Crippen molar-refractivity contribution in [1.29, 1.82) is 0 Å². The molecule has 0 N–H and O–H groups in total. The van der Waals surface area contributed by atoms with Crippen LogP contribution in [-0.4, -0.2) is 16.1 Å². The molecular weight excluding hydrogens is 524 g/mol. The molecule has 2 aliphatic rings. The quantitative estimate of drug-likeness (QED) is 0.259. The maximum atomic E-state index is 5.57. The van der Waals surface area contributed by atoms with Crippen LogP contribution in [0, 0.1) is 10.8 Å². The van der Waals surface area contributed by atoms with Crippen molar-refractivity contribution in [3.8, 4) is 0 Å². The van der Waals surface area contributed by atoms with Gasteiger partial charge in [-0.2, -0.15) is 0 Å². The third-order valence-corrected chi connectivity index (χ3v) is 9.89. The van der Waals surface area contributed by atoms with Crippen LogP contribution in [0.3, 0.4) is 0 Å². The first-order chi connectivity index (χ1) is 20.5. The summed E-state index contributed by atoms with van der Waals surface area (Å²) in [5, 5.41) is 0. The first-order valence-electron chi connectivity index (χ1n) is 16.6. The topological polar surface area (TPSA) is 32.3 Å². The molecule has 4 nitrogen and oxygen atoms in total. The van der Waals surface area contributed by atoms with Crippen LogP contribution in [0.1, 0.15) is 125 Å². The van der Waals surface area contributed by atoms with Gasteiger partial charge in [0.15, 0.2) is 11.6 Å². The third kappa shape index (κ3) is 6.54. The predicted molar refractivity (Wildman–Crippen MR) is 188 cm³/mol. The van der Waals surface area contributed by atoms with E-state index in [9.17, 15) is 0 Å². The summed E-state index contributed by atoms with van der Waals surface area (Å²) >= 11 is 0. The number of nitrogens with zero attached hydrogens (tertiary/aromatic N) is 4. The summed E-state index contributed by atoms with van der Waals surface area (Å²) in [4.78, 5) is 15.6. The highest BCUT2D eigenvalue weighted by atomic mass is 15.5. The van der Waals surface area contributed by atoms with Crippen molar-refractivity contribution < 1.29 is 0 Å². The molecule has 0 amide bonds. The SMILES string of the molecule is C=C.CC.CCCC(C)(CC)c1ccccc1N1c2nc(C3C(C)(C)CCCC3(C)C)cnc2N(c2ccccc2)C1C. The minimum absolute atomic E-state index is 0.0499. The molecule has 0 saturated heterocycles. The molecule has 1 aromatic heterocycles. The molecule has 1 aliphatic carbocycles. The van der Waals surface area contributed by atoms with Crippen LogP contribution in [0.5, 0.6) is 0 Å². The third-order valence-electron chi connectivity index (χ3n) is 9.89. The number of benzene rings is 2. The van der Waals surface area contributed by atoms with E-state index in [1.165, 1.54) is 30.5 Å². The van der Waals surface area contributed by atoms with Gasteiger partial charge in [-0.1, -0.05) is 112 Å². The zero-order valence-corrected chi connectivity index (χ0v) is 28.9. The zero-order chi connectivity index (χ0) is 32.0. The molecule has 0 bridgehead atoms. The molecule has 2 atom stereocenters. The van der Waals surface area contributed by atoms with Crippen molar-refractivity contribution in [1.82, 2.24) is 9.97 Å². The van der Waals surface area contributed by atoms with Crippen LogP contribution in [0.2, 0.25) is 0 Å². The van der Waals surface area contributed by atoms with Gasteiger partial charge in [0.05, 0.1) is 11.9 Å². The van der Waals surface area contributed by atoms with Crippen LogP contribution in [0.15, 0.2) is 74.0 Å². The summed E-state index contributed by atoms with van der Waals surface area (Å²) in [5.41, 5.74) is 5.42. The van der Waals surface area contributed by atoms with E-state index >= 15 is 0 Å². The van der Waals surface area contributed by atoms with Gasteiger partial charge in [0.25, 0.3) is 0 Å². The van der Waals surface area contributed by atoms with E-state index in [2.05, 4.69) is 139 Å². The Morgan fingerprint density at radius 3 is 2.02 bits per heavy atom. The number of anilines is 4. The van der Waals surface area contributed by atoms with E-state index < -0.39 is 0 Å². The van der Waals surface area contributed by atoms with Gasteiger partial charge < -0.3 is 9.80 Å². The van der Waals surface area contributed by atoms with Crippen LogP contribution in [0.25, 0.3) is 0 Å². The lowest BCUT2D eigenvalue weighted by Crippen LogP contribution is -2.39. The van der Waals surface area contributed by atoms with Gasteiger partial charge in [0.1, 0.15) is 6.17 Å². The van der Waals surface area contributed by atoms with E-state index in [0.29, 0.717) is 5.92 Å². The Labute approximate surface area is 263 Å². The molecule has 2 aromatic carbocycles. The number of fused-ring (bicyclic) bond motifs is 1. The standard InChI is InChI=1S/C35H48N4.C2H6.C2H4/c1-9-21-35(8,10-2)27-19-14-15-20-29(27)39-25(3)38(26-17-12-11-13-18-26)31-32(39)37-28(24-36-31)30-33(4,5)22-16-23-34(30,6)7;2*1-2/h11-15,17-20,24-25,30H,9-10,16,21-23H2,1-8H3;1-2H3;1-2H2. The summed E-state index contributed by atoms with van der Waals surface area (Å²) in [7, 11) is 0. The molecule has 3 aromatic rings. The number of hydrogen-bond acceptors (Lipinski definition) is 4. The van der Waals surface area contributed by atoms with Gasteiger partial charge in [-0.3, -0.25) is 0 Å². The predicted octanol–water partition coefficient (Wildman–Crippen LogP) is 11.7. The molecule has 1 saturated carbocycles. The highest BCUT2D eigenvalue weighted by molar-refractivity contribution is 5.84. The Hall–Kier alpha value is -3.14. The van der Waals surface area contributed by atoms with Crippen LogP contribution >= 0.6 is 0 Å². The van der Waals surface area contributed by atoms with Crippen molar-refractivity contribution in [2.45, 2.75) is 125 Å². The number of para-hydroxylation sites is 2. The second-order valence-corrected chi connectivity index (χ2v) is 13.6. The van der Waals surface area contributed by atoms with Gasteiger partial charge in [0, 0.05) is 17.3 Å². The lowest BCUT2D eigenvalue weighted by molar-refractivity contribution is 0.0698. The lowest BCUT2D eigenvalue weighted by atomic mass is 9.56. The molecule has 2 unspecified atom stereocenters. The Morgan fingerprint density at radius 2 is 1.44 bits per heavy atom. The van der Waals surface area contributed by atoms with Crippen molar-refractivity contribution in [3.63, 3.8) is 0 Å². The van der Waals surface area contributed by atoms with Gasteiger partial charge in [-0.25, -0.2) is 9.97 Å². The van der Waals surface area contributed by atoms with E-state index in [0.717, 1.165) is 42.3 Å². The summed E-state index contributed by atoms with van der Waals surface area (Å²) in [5.74, 6) is 2.30. The van der Waals surface area contributed by atoms with E-state index in [-0.39, 0.29) is 22.4 Å². The molecule has 234 valence electrons. The first-order valence-corrected chi connectivity index (χ1v) is 16.6. The molecule has 43 heavy (non-hydrogen) atoms. The zero-order valence-electron chi connectivity index (χ0n) is 28.9. The number of rotatable bonds is 7. The van der Waals surface area contributed by atoms with E-state index in [1.807, 2.05) is 13.8 Å². The van der Waals surface area contributed by atoms with E-state index in [4.69, 9.17) is 9.97 Å². The highest BCUT2D eigenvalue weighted by Gasteiger charge is 2.47. The Bertz CT molecular complexity index is 1300. The lowest BCUT2D eigenvalue weighted by Gasteiger charge is -2.49. The first kappa shape index (κ1) is 34.4. The molecule has 1 aliphatic heterocycles. The van der Waals surface area contributed by atoms with Crippen molar-refractivity contribution in [3.05, 3.63) is 85.2 Å². The summed E-state index contributed by atoms with van der Waals surface area (Å²) < 4.78 is 0. The molecule has 0 radical (unpaired) electrons. The summed E-state index contributed by atoms with van der Waals surface area (Å²) in [6.07, 6.45) is 9.30. The van der Waals surface area contributed by atoms with E-state index in [1.54, 1.807) is 0 Å². The van der Waals surface area contributed by atoms with Gasteiger partial charge in [-0.15, -0.1) is 13.2 Å². The Kier molecular flexibility index (Phi) is 11.3. The minimum atomic E-state index is 0.0499. The smallest absolute Gasteiger partial charge is 0.178 e. The number of aromatic nitrogens is 2. The summed E-state index contributed by atoms with van der Waals surface area (Å²) in [6.45, 7) is 29.1. The van der Waals surface area contributed by atoms with Crippen molar-refractivity contribution in [2.24, 2.45) is 10.8 Å². The highest BCUT2D eigenvalue weighted by Crippen LogP contribution is 2.57.